The van der Waals surface area contributed by atoms with Gasteiger partial charge in [0.2, 0.25) is 5.91 Å². The average molecular weight is 283 g/mol. The minimum Gasteiger partial charge on any atom is -0.385 e. The van der Waals surface area contributed by atoms with E-state index in [0.717, 1.165) is 52.0 Å². The fourth-order valence-corrected chi connectivity index (χ4v) is 3.28. The molecular formula is C16H29NO3. The van der Waals surface area contributed by atoms with Gasteiger partial charge in [-0.25, -0.2) is 0 Å². The minimum atomic E-state index is -0.0376. The van der Waals surface area contributed by atoms with Crippen molar-refractivity contribution >= 4 is 5.91 Å². The van der Waals surface area contributed by atoms with Crippen LogP contribution in [0.15, 0.2) is 0 Å². The molecule has 4 nitrogen and oxygen atoms in total. The van der Waals surface area contributed by atoms with Crippen LogP contribution in [-0.4, -0.2) is 49.8 Å². The van der Waals surface area contributed by atoms with Gasteiger partial charge >= 0.3 is 0 Å². The smallest absolute Gasteiger partial charge is 0.222 e. The normalized spacial score (nSPS) is 25.0. The molecule has 0 aliphatic carbocycles. The van der Waals surface area contributed by atoms with Crippen LogP contribution in [0.1, 0.15) is 46.0 Å². The number of ether oxygens (including phenoxy) is 2. The molecule has 2 fully saturated rings. The molecule has 0 radical (unpaired) electrons. The van der Waals surface area contributed by atoms with Gasteiger partial charge in [0.15, 0.2) is 0 Å². The summed E-state index contributed by atoms with van der Waals surface area (Å²) in [6.45, 7) is 7.59. The van der Waals surface area contributed by atoms with Crippen molar-refractivity contribution in [1.82, 2.24) is 4.90 Å². The van der Waals surface area contributed by atoms with Crippen molar-refractivity contribution in [3.8, 4) is 0 Å². The van der Waals surface area contributed by atoms with E-state index in [2.05, 4.69) is 13.8 Å². The fourth-order valence-electron chi connectivity index (χ4n) is 3.28. The van der Waals surface area contributed by atoms with Crippen LogP contribution >= 0.6 is 0 Å². The van der Waals surface area contributed by atoms with Gasteiger partial charge in [-0.2, -0.15) is 0 Å². The third kappa shape index (κ3) is 3.95. The van der Waals surface area contributed by atoms with Crippen molar-refractivity contribution in [3.05, 3.63) is 0 Å². The average Bonchev–Trinajstić information content (AvgIpc) is 2.40. The summed E-state index contributed by atoms with van der Waals surface area (Å²) < 4.78 is 11.2. The van der Waals surface area contributed by atoms with Crippen molar-refractivity contribution < 1.29 is 14.3 Å². The fraction of sp³-hybridized carbons (Fsp3) is 0.938. The van der Waals surface area contributed by atoms with Crippen molar-refractivity contribution in [2.24, 2.45) is 11.8 Å². The molecule has 1 amide bonds. The minimum absolute atomic E-state index is 0.0376. The molecule has 2 saturated heterocycles. The van der Waals surface area contributed by atoms with E-state index in [4.69, 9.17) is 9.47 Å². The molecular weight excluding hydrogens is 254 g/mol. The summed E-state index contributed by atoms with van der Waals surface area (Å²) in [4.78, 5) is 14.0. The predicted octanol–water partition coefficient (Wildman–Crippen LogP) is 2.47. The Labute approximate surface area is 122 Å². The molecule has 20 heavy (non-hydrogen) atoms. The number of hydrogen-bond donors (Lipinski definition) is 0. The van der Waals surface area contributed by atoms with Crippen LogP contribution < -0.4 is 0 Å². The molecule has 1 atom stereocenters. The molecule has 0 aromatic rings. The summed E-state index contributed by atoms with van der Waals surface area (Å²) in [5.74, 6) is 1.59. The van der Waals surface area contributed by atoms with E-state index in [9.17, 15) is 4.79 Å². The number of hydrogen-bond acceptors (Lipinski definition) is 3. The highest BCUT2D eigenvalue weighted by atomic mass is 16.5. The Morgan fingerprint density at radius 2 is 2.20 bits per heavy atom. The second-order valence-corrected chi connectivity index (χ2v) is 6.85. The zero-order chi connectivity index (χ0) is 14.6. The molecule has 2 aliphatic heterocycles. The summed E-state index contributed by atoms with van der Waals surface area (Å²) in [6.07, 6.45) is 5.00. The Balaban J connectivity index is 1.74. The maximum absolute atomic E-state index is 12.1. The largest absolute Gasteiger partial charge is 0.385 e. The third-order valence-corrected chi connectivity index (χ3v) is 4.57. The number of nitrogens with zero attached hydrogens (tertiary/aromatic N) is 1. The van der Waals surface area contributed by atoms with Crippen molar-refractivity contribution in [3.63, 3.8) is 0 Å². The van der Waals surface area contributed by atoms with Crippen molar-refractivity contribution in [2.45, 2.75) is 51.6 Å². The SMILES string of the molecule is COCCC1CCOC2(C1)CN(C(=O)CCC(C)C)C2. The van der Waals surface area contributed by atoms with Crippen LogP contribution in [0.5, 0.6) is 0 Å². The highest BCUT2D eigenvalue weighted by Crippen LogP contribution is 2.38. The topological polar surface area (TPSA) is 38.8 Å². The Morgan fingerprint density at radius 3 is 2.85 bits per heavy atom. The summed E-state index contributed by atoms with van der Waals surface area (Å²) >= 11 is 0. The van der Waals surface area contributed by atoms with E-state index in [0.29, 0.717) is 24.2 Å². The standard InChI is InChI=1S/C16H29NO3/c1-13(2)4-5-15(18)17-11-16(12-17)10-14(6-8-19-3)7-9-20-16/h13-14H,4-12H2,1-3H3. The molecule has 1 spiro atoms. The predicted molar refractivity (Wildman–Crippen MR) is 78.6 cm³/mol. The molecule has 0 aromatic heterocycles. The van der Waals surface area contributed by atoms with Crippen LogP contribution in [0.25, 0.3) is 0 Å². The second-order valence-electron chi connectivity index (χ2n) is 6.85. The Kier molecular flexibility index (Phi) is 5.44. The maximum Gasteiger partial charge on any atom is 0.222 e. The van der Waals surface area contributed by atoms with E-state index in [-0.39, 0.29) is 5.60 Å². The number of amides is 1. The van der Waals surface area contributed by atoms with Crippen LogP contribution in [0.3, 0.4) is 0 Å². The van der Waals surface area contributed by atoms with E-state index in [1.165, 1.54) is 0 Å². The number of carbonyl (C=O) groups is 1. The van der Waals surface area contributed by atoms with Gasteiger partial charge in [0, 0.05) is 26.7 Å². The van der Waals surface area contributed by atoms with Gasteiger partial charge in [0.25, 0.3) is 0 Å². The van der Waals surface area contributed by atoms with Crippen LogP contribution in [-0.2, 0) is 14.3 Å². The number of methoxy groups -OCH3 is 1. The lowest BCUT2D eigenvalue weighted by Gasteiger charge is -2.53. The third-order valence-electron chi connectivity index (χ3n) is 4.57. The van der Waals surface area contributed by atoms with E-state index in [1.807, 2.05) is 4.90 Å². The lowest BCUT2D eigenvalue weighted by atomic mass is 9.79. The van der Waals surface area contributed by atoms with Gasteiger partial charge in [-0.1, -0.05) is 13.8 Å². The first-order valence-electron chi connectivity index (χ1n) is 7.95. The molecule has 0 saturated carbocycles. The number of carbonyl (C=O) groups excluding carboxylic acids is 1. The summed E-state index contributed by atoms with van der Waals surface area (Å²) in [5, 5.41) is 0. The molecule has 0 bridgehead atoms. The molecule has 2 aliphatic rings. The molecule has 4 heteroatoms. The first kappa shape index (κ1) is 15.8. The highest BCUT2D eigenvalue weighted by Gasteiger charge is 2.48. The quantitative estimate of drug-likeness (QED) is 0.751. The lowest BCUT2D eigenvalue weighted by molar-refractivity contribution is -0.189. The first-order valence-corrected chi connectivity index (χ1v) is 7.95. The second kappa shape index (κ2) is 6.90. The van der Waals surface area contributed by atoms with Crippen LogP contribution in [0.2, 0.25) is 0 Å². The Morgan fingerprint density at radius 1 is 1.45 bits per heavy atom. The van der Waals surface area contributed by atoms with Gasteiger partial charge in [-0.15, -0.1) is 0 Å². The molecule has 0 N–H and O–H groups in total. The number of rotatable bonds is 6. The molecule has 1 unspecified atom stereocenters. The zero-order valence-electron chi connectivity index (χ0n) is 13.2. The lowest BCUT2D eigenvalue weighted by Crippen LogP contribution is -2.66. The van der Waals surface area contributed by atoms with E-state index in [1.54, 1.807) is 7.11 Å². The van der Waals surface area contributed by atoms with Gasteiger partial charge in [0.05, 0.1) is 13.1 Å². The highest BCUT2D eigenvalue weighted by molar-refractivity contribution is 5.77. The molecule has 0 aromatic carbocycles. The first-order chi connectivity index (χ1) is 9.54. The molecule has 2 rings (SSSR count). The van der Waals surface area contributed by atoms with Crippen molar-refractivity contribution in [2.75, 3.05) is 33.4 Å². The summed E-state index contributed by atoms with van der Waals surface area (Å²) in [7, 11) is 1.76. The van der Waals surface area contributed by atoms with Gasteiger partial charge in [-0.05, 0) is 37.5 Å². The Bertz CT molecular complexity index is 324. The molecule has 116 valence electrons. The maximum atomic E-state index is 12.1. The van der Waals surface area contributed by atoms with Gasteiger partial charge in [0.1, 0.15) is 5.60 Å². The Hall–Kier alpha value is -0.610. The van der Waals surface area contributed by atoms with Gasteiger partial charge in [-0.3, -0.25) is 4.79 Å². The monoisotopic (exact) mass is 283 g/mol. The van der Waals surface area contributed by atoms with Gasteiger partial charge < -0.3 is 14.4 Å². The zero-order valence-corrected chi connectivity index (χ0v) is 13.2. The summed E-state index contributed by atoms with van der Waals surface area (Å²) in [6, 6.07) is 0. The molecule has 2 heterocycles. The summed E-state index contributed by atoms with van der Waals surface area (Å²) in [5.41, 5.74) is -0.0376. The van der Waals surface area contributed by atoms with Crippen LogP contribution in [0.4, 0.5) is 0 Å². The van der Waals surface area contributed by atoms with E-state index < -0.39 is 0 Å². The van der Waals surface area contributed by atoms with E-state index >= 15 is 0 Å². The van der Waals surface area contributed by atoms with Crippen LogP contribution in [0, 0.1) is 11.8 Å². The number of likely N-dealkylation sites (tertiary alicyclic amines) is 1. The van der Waals surface area contributed by atoms with Crippen molar-refractivity contribution in [1.29, 1.82) is 0 Å².